The molecule has 1 aromatic heterocycles. The Morgan fingerprint density at radius 1 is 1.31 bits per heavy atom. The standard InChI is InChI=1S/C6H7FN2O4/c7-4-1-8(2-10)6(13)9(3-11)5(4)12/h1,10-11H,2-3H2. The molecule has 0 atom stereocenters. The lowest BCUT2D eigenvalue weighted by Crippen LogP contribution is -2.41. The van der Waals surface area contributed by atoms with Gasteiger partial charge in [0.1, 0.15) is 13.5 Å². The summed E-state index contributed by atoms with van der Waals surface area (Å²) in [4.78, 5) is 21.9. The average molecular weight is 190 g/mol. The summed E-state index contributed by atoms with van der Waals surface area (Å²) in [6.07, 6.45) is 0.580. The van der Waals surface area contributed by atoms with Crippen molar-refractivity contribution in [1.82, 2.24) is 9.13 Å². The van der Waals surface area contributed by atoms with Crippen molar-refractivity contribution in [3.05, 3.63) is 32.9 Å². The maximum Gasteiger partial charge on any atom is 0.334 e. The topological polar surface area (TPSA) is 84.5 Å². The minimum atomic E-state index is -1.21. The third kappa shape index (κ3) is 1.51. The third-order valence-electron chi connectivity index (χ3n) is 1.49. The predicted octanol–water partition coefficient (Wildman–Crippen LogP) is -1.95. The lowest BCUT2D eigenvalue weighted by Gasteiger charge is -2.04. The van der Waals surface area contributed by atoms with Crippen molar-refractivity contribution in [3.8, 4) is 0 Å². The number of halogens is 1. The molecule has 0 spiro atoms. The first kappa shape index (κ1) is 9.62. The van der Waals surface area contributed by atoms with Gasteiger partial charge in [-0.25, -0.2) is 9.36 Å². The fourth-order valence-electron chi connectivity index (χ4n) is 0.844. The Bertz CT molecular complexity index is 422. The highest BCUT2D eigenvalue weighted by Crippen LogP contribution is 1.84. The molecule has 0 radical (unpaired) electrons. The molecule has 0 saturated heterocycles. The number of nitrogens with zero attached hydrogens (tertiary/aromatic N) is 2. The maximum atomic E-state index is 12.7. The lowest BCUT2D eigenvalue weighted by atomic mass is 10.6. The van der Waals surface area contributed by atoms with Gasteiger partial charge in [0.05, 0.1) is 6.20 Å². The summed E-state index contributed by atoms with van der Waals surface area (Å²) in [5.41, 5.74) is -2.17. The first-order valence-corrected chi connectivity index (χ1v) is 3.33. The minimum absolute atomic E-state index is 0.269. The van der Waals surface area contributed by atoms with E-state index >= 15 is 0 Å². The van der Waals surface area contributed by atoms with Gasteiger partial charge in [-0.1, -0.05) is 0 Å². The number of aliphatic hydroxyl groups is 2. The maximum absolute atomic E-state index is 12.7. The summed E-state index contributed by atoms with van der Waals surface area (Å²) in [6.45, 7) is -1.68. The zero-order chi connectivity index (χ0) is 10.0. The molecule has 13 heavy (non-hydrogen) atoms. The number of aromatic nitrogens is 2. The molecule has 7 heteroatoms. The van der Waals surface area contributed by atoms with Crippen LogP contribution in [0.2, 0.25) is 0 Å². The third-order valence-corrected chi connectivity index (χ3v) is 1.49. The number of hydrogen-bond donors (Lipinski definition) is 2. The summed E-state index contributed by atoms with van der Waals surface area (Å²) >= 11 is 0. The normalized spacial score (nSPS) is 10.4. The van der Waals surface area contributed by atoms with Crippen LogP contribution in [-0.4, -0.2) is 19.3 Å². The van der Waals surface area contributed by atoms with Crippen LogP contribution in [-0.2, 0) is 13.5 Å². The Morgan fingerprint density at radius 2 is 1.92 bits per heavy atom. The second kappa shape index (κ2) is 3.50. The predicted molar refractivity (Wildman–Crippen MR) is 39.4 cm³/mol. The second-order valence-electron chi connectivity index (χ2n) is 2.25. The molecule has 0 aliphatic carbocycles. The lowest BCUT2D eigenvalue weighted by molar-refractivity contribution is 0.171. The van der Waals surface area contributed by atoms with E-state index in [2.05, 4.69) is 0 Å². The highest BCUT2D eigenvalue weighted by Gasteiger charge is 2.08. The SMILES string of the molecule is O=c1c(F)cn(CO)c(=O)n1CO. The molecule has 0 aliphatic heterocycles. The van der Waals surface area contributed by atoms with E-state index in [0.29, 0.717) is 10.8 Å². The van der Waals surface area contributed by atoms with Gasteiger partial charge in [0.2, 0.25) is 5.82 Å². The molecular weight excluding hydrogens is 183 g/mol. The first-order valence-electron chi connectivity index (χ1n) is 3.33. The van der Waals surface area contributed by atoms with E-state index in [0.717, 1.165) is 0 Å². The molecule has 72 valence electrons. The van der Waals surface area contributed by atoms with Crippen LogP contribution in [0.4, 0.5) is 4.39 Å². The summed E-state index contributed by atoms with van der Waals surface area (Å²) < 4.78 is 13.5. The van der Waals surface area contributed by atoms with Gasteiger partial charge in [-0.05, 0) is 0 Å². The Labute approximate surface area is 71.1 Å². The molecule has 0 saturated carbocycles. The monoisotopic (exact) mass is 190 g/mol. The van der Waals surface area contributed by atoms with Crippen LogP contribution >= 0.6 is 0 Å². The van der Waals surface area contributed by atoms with E-state index in [1.54, 1.807) is 0 Å². The van der Waals surface area contributed by atoms with Crippen LogP contribution in [0.5, 0.6) is 0 Å². The van der Waals surface area contributed by atoms with Crippen LogP contribution in [0.3, 0.4) is 0 Å². The fraction of sp³-hybridized carbons (Fsp3) is 0.333. The summed E-state index contributed by atoms with van der Waals surface area (Å²) in [5.74, 6) is -1.21. The molecule has 1 heterocycles. The zero-order valence-corrected chi connectivity index (χ0v) is 6.47. The van der Waals surface area contributed by atoms with E-state index in [1.165, 1.54) is 0 Å². The van der Waals surface area contributed by atoms with Crippen LogP contribution in [0.15, 0.2) is 15.8 Å². The van der Waals surface area contributed by atoms with E-state index in [4.69, 9.17) is 10.2 Å². The molecule has 1 aromatic rings. The molecule has 0 fully saturated rings. The van der Waals surface area contributed by atoms with Crippen molar-refractivity contribution in [2.45, 2.75) is 13.5 Å². The van der Waals surface area contributed by atoms with Crippen molar-refractivity contribution < 1.29 is 14.6 Å². The Kier molecular flexibility index (Phi) is 2.59. The minimum Gasteiger partial charge on any atom is -0.376 e. The molecule has 0 aliphatic rings. The molecule has 6 nitrogen and oxygen atoms in total. The molecular formula is C6H7FN2O4. The summed E-state index contributed by atoms with van der Waals surface area (Å²) in [6, 6.07) is 0. The van der Waals surface area contributed by atoms with Gasteiger partial charge >= 0.3 is 5.69 Å². The van der Waals surface area contributed by atoms with Crippen molar-refractivity contribution in [2.24, 2.45) is 0 Å². The Morgan fingerprint density at radius 3 is 2.38 bits per heavy atom. The summed E-state index contributed by atoms with van der Waals surface area (Å²) in [5, 5.41) is 17.1. The molecule has 1 rings (SSSR count). The highest BCUT2D eigenvalue weighted by atomic mass is 19.1. The molecule has 0 aromatic carbocycles. The van der Waals surface area contributed by atoms with Gasteiger partial charge in [0.15, 0.2) is 0 Å². The first-order chi connectivity index (χ1) is 6.11. The van der Waals surface area contributed by atoms with Gasteiger partial charge in [0.25, 0.3) is 5.56 Å². The van der Waals surface area contributed by atoms with Gasteiger partial charge in [-0.3, -0.25) is 9.36 Å². The summed E-state index contributed by atoms with van der Waals surface area (Å²) in [7, 11) is 0. The molecule has 0 amide bonds. The molecule has 0 bridgehead atoms. The van der Waals surface area contributed by atoms with Crippen LogP contribution in [0.1, 0.15) is 0 Å². The zero-order valence-electron chi connectivity index (χ0n) is 6.47. The Hall–Kier alpha value is -1.47. The van der Waals surface area contributed by atoms with E-state index in [-0.39, 0.29) is 4.57 Å². The largest absolute Gasteiger partial charge is 0.376 e. The van der Waals surface area contributed by atoms with Crippen molar-refractivity contribution in [3.63, 3.8) is 0 Å². The van der Waals surface area contributed by atoms with Gasteiger partial charge in [-0.15, -0.1) is 0 Å². The van der Waals surface area contributed by atoms with Gasteiger partial charge in [-0.2, -0.15) is 4.39 Å². The quantitative estimate of drug-likeness (QED) is 0.567. The van der Waals surface area contributed by atoms with Crippen LogP contribution in [0, 0.1) is 5.82 Å². The average Bonchev–Trinajstić information content (AvgIpc) is 2.12. The van der Waals surface area contributed by atoms with E-state index < -0.39 is 30.5 Å². The number of aliphatic hydroxyl groups excluding tert-OH is 2. The second-order valence-corrected chi connectivity index (χ2v) is 2.25. The smallest absolute Gasteiger partial charge is 0.334 e. The van der Waals surface area contributed by atoms with Crippen molar-refractivity contribution >= 4 is 0 Å². The van der Waals surface area contributed by atoms with Gasteiger partial charge in [0, 0.05) is 0 Å². The van der Waals surface area contributed by atoms with E-state index in [1.807, 2.05) is 0 Å². The van der Waals surface area contributed by atoms with Gasteiger partial charge < -0.3 is 10.2 Å². The molecule has 0 unspecified atom stereocenters. The van der Waals surface area contributed by atoms with Crippen molar-refractivity contribution in [2.75, 3.05) is 0 Å². The van der Waals surface area contributed by atoms with Crippen molar-refractivity contribution in [1.29, 1.82) is 0 Å². The highest BCUT2D eigenvalue weighted by molar-refractivity contribution is 4.89. The number of rotatable bonds is 2. The van der Waals surface area contributed by atoms with Crippen LogP contribution in [0.25, 0.3) is 0 Å². The van der Waals surface area contributed by atoms with Crippen LogP contribution < -0.4 is 11.2 Å². The fourth-order valence-corrected chi connectivity index (χ4v) is 0.844. The number of hydrogen-bond acceptors (Lipinski definition) is 4. The van der Waals surface area contributed by atoms with E-state index in [9.17, 15) is 14.0 Å². The molecule has 2 N–H and O–H groups in total. The Balaban J connectivity index is 3.58.